The highest BCUT2D eigenvalue weighted by Gasteiger charge is 2.11. The molecule has 0 saturated heterocycles. The fourth-order valence-electron chi connectivity index (χ4n) is 1.34. The maximum atomic E-state index is 9.67. The first-order valence-corrected chi connectivity index (χ1v) is 5.56. The summed E-state index contributed by atoms with van der Waals surface area (Å²) in [5, 5.41) is 10.5. The van der Waals surface area contributed by atoms with Crippen LogP contribution in [0, 0.1) is 0 Å². The zero-order valence-corrected chi connectivity index (χ0v) is 9.36. The Hall–Kier alpha value is -0.870. The fourth-order valence-corrected chi connectivity index (χ4v) is 2.63. The van der Waals surface area contributed by atoms with E-state index in [1.54, 1.807) is 0 Å². The van der Waals surface area contributed by atoms with E-state index in [-0.39, 0.29) is 5.75 Å². The lowest BCUT2D eigenvalue weighted by Gasteiger charge is -2.02. The van der Waals surface area contributed by atoms with Crippen molar-refractivity contribution in [2.24, 2.45) is 0 Å². The first-order chi connectivity index (χ1) is 6.74. The molecule has 0 saturated carbocycles. The van der Waals surface area contributed by atoms with E-state index in [1.807, 2.05) is 25.1 Å². The molecule has 4 heteroatoms. The Kier molecular flexibility index (Phi) is 2.56. The van der Waals surface area contributed by atoms with Crippen molar-refractivity contribution < 1.29 is 9.84 Å². The molecule has 0 aliphatic heterocycles. The van der Waals surface area contributed by atoms with Crippen LogP contribution in [0.2, 0.25) is 0 Å². The summed E-state index contributed by atoms with van der Waals surface area (Å²) in [6.45, 7) is 2.56. The summed E-state index contributed by atoms with van der Waals surface area (Å²) in [6.07, 6.45) is 0. The highest BCUT2D eigenvalue weighted by Crippen LogP contribution is 2.43. The molecule has 0 amide bonds. The predicted molar refractivity (Wildman–Crippen MR) is 61.9 cm³/mol. The van der Waals surface area contributed by atoms with Crippen molar-refractivity contribution in [2.45, 2.75) is 11.1 Å². The lowest BCUT2D eigenvalue weighted by Crippen LogP contribution is -1.90. The van der Waals surface area contributed by atoms with E-state index in [4.69, 9.17) is 4.74 Å². The van der Waals surface area contributed by atoms with Gasteiger partial charge in [-0.25, -0.2) is 0 Å². The number of thiol groups is 1. The second-order valence-electron chi connectivity index (χ2n) is 2.82. The third-order valence-electron chi connectivity index (χ3n) is 1.94. The number of hydrogen-bond acceptors (Lipinski definition) is 4. The number of aromatic hydroxyl groups is 1. The van der Waals surface area contributed by atoms with Gasteiger partial charge in [0, 0.05) is 5.39 Å². The molecule has 1 heterocycles. The molecule has 2 aromatic rings. The smallest absolute Gasteiger partial charge is 0.147 e. The minimum Gasteiger partial charge on any atom is -0.505 e. The minimum atomic E-state index is 0.245. The van der Waals surface area contributed by atoms with Gasteiger partial charge < -0.3 is 9.84 Å². The van der Waals surface area contributed by atoms with E-state index in [1.165, 1.54) is 11.3 Å². The number of benzene rings is 1. The van der Waals surface area contributed by atoms with Gasteiger partial charge in [0.15, 0.2) is 0 Å². The van der Waals surface area contributed by atoms with E-state index in [0.717, 1.165) is 15.8 Å². The molecule has 0 atom stereocenters. The molecule has 2 nitrogen and oxygen atoms in total. The van der Waals surface area contributed by atoms with Crippen molar-refractivity contribution in [2.75, 3.05) is 6.61 Å². The van der Waals surface area contributed by atoms with E-state index < -0.39 is 0 Å². The molecule has 2 rings (SSSR count). The molecule has 1 aromatic heterocycles. The van der Waals surface area contributed by atoms with E-state index in [2.05, 4.69) is 12.6 Å². The molecular formula is C10H10O2S2. The molecule has 0 aliphatic rings. The summed E-state index contributed by atoms with van der Waals surface area (Å²) in [7, 11) is 0. The topological polar surface area (TPSA) is 29.5 Å². The molecular weight excluding hydrogens is 216 g/mol. The van der Waals surface area contributed by atoms with Gasteiger partial charge in [-0.15, -0.1) is 24.0 Å². The van der Waals surface area contributed by atoms with Crippen molar-refractivity contribution >= 4 is 34.1 Å². The van der Waals surface area contributed by atoms with Crippen LogP contribution in [-0.2, 0) is 0 Å². The number of fused-ring (bicyclic) bond motifs is 1. The second kappa shape index (κ2) is 3.71. The number of ether oxygens (including phenoxy) is 1. The van der Waals surface area contributed by atoms with Gasteiger partial charge >= 0.3 is 0 Å². The standard InChI is InChI=1S/C10H10O2S2/c1-2-12-7-5-3-4-6-8(11)10(13)14-9(6)7/h3-5,11,13H,2H2,1H3. The Morgan fingerprint density at radius 3 is 3.00 bits per heavy atom. The van der Waals surface area contributed by atoms with Crippen molar-refractivity contribution in [1.29, 1.82) is 0 Å². The lowest BCUT2D eigenvalue weighted by atomic mass is 10.2. The quantitative estimate of drug-likeness (QED) is 0.769. The monoisotopic (exact) mass is 226 g/mol. The summed E-state index contributed by atoms with van der Waals surface area (Å²) >= 11 is 5.62. The Morgan fingerprint density at radius 1 is 1.50 bits per heavy atom. The van der Waals surface area contributed by atoms with Crippen molar-refractivity contribution in [3.8, 4) is 11.5 Å². The lowest BCUT2D eigenvalue weighted by molar-refractivity contribution is 0.345. The summed E-state index contributed by atoms with van der Waals surface area (Å²) in [5.41, 5.74) is 0. The van der Waals surface area contributed by atoms with E-state index >= 15 is 0 Å². The van der Waals surface area contributed by atoms with Crippen LogP contribution in [0.1, 0.15) is 6.92 Å². The number of thiophene rings is 1. The highest BCUT2D eigenvalue weighted by atomic mass is 32.2. The van der Waals surface area contributed by atoms with Crippen LogP contribution < -0.4 is 4.74 Å². The maximum absolute atomic E-state index is 9.67. The Morgan fingerprint density at radius 2 is 2.29 bits per heavy atom. The van der Waals surface area contributed by atoms with Gasteiger partial charge in [-0.3, -0.25) is 0 Å². The van der Waals surface area contributed by atoms with Crippen molar-refractivity contribution in [1.82, 2.24) is 0 Å². The average molecular weight is 226 g/mol. The normalized spacial score (nSPS) is 10.7. The third kappa shape index (κ3) is 1.44. The molecule has 1 N–H and O–H groups in total. The summed E-state index contributed by atoms with van der Waals surface area (Å²) in [6, 6.07) is 5.63. The second-order valence-corrected chi connectivity index (χ2v) is 4.59. The van der Waals surface area contributed by atoms with E-state index in [9.17, 15) is 5.11 Å². The first kappa shape index (κ1) is 9.68. The summed E-state index contributed by atoms with van der Waals surface area (Å²) in [5.74, 6) is 1.06. The fraction of sp³-hybridized carbons (Fsp3) is 0.200. The number of hydrogen-bond donors (Lipinski definition) is 2. The maximum Gasteiger partial charge on any atom is 0.147 e. The van der Waals surface area contributed by atoms with E-state index in [0.29, 0.717) is 10.8 Å². The van der Waals surface area contributed by atoms with Crippen LogP contribution in [-0.4, -0.2) is 11.7 Å². The predicted octanol–water partition coefficient (Wildman–Crippen LogP) is 3.29. The largest absolute Gasteiger partial charge is 0.505 e. The molecule has 0 fully saturated rings. The van der Waals surface area contributed by atoms with Crippen molar-refractivity contribution in [3.63, 3.8) is 0 Å². The van der Waals surface area contributed by atoms with Gasteiger partial charge in [0.25, 0.3) is 0 Å². The molecule has 74 valence electrons. The molecule has 14 heavy (non-hydrogen) atoms. The Labute approximate surface area is 91.5 Å². The molecule has 1 aromatic carbocycles. The van der Waals surface area contributed by atoms with Crippen molar-refractivity contribution in [3.05, 3.63) is 18.2 Å². The third-order valence-corrected chi connectivity index (χ3v) is 3.43. The van der Waals surface area contributed by atoms with Crippen LogP contribution in [0.15, 0.2) is 22.4 Å². The van der Waals surface area contributed by atoms with Gasteiger partial charge in [0.1, 0.15) is 15.7 Å². The molecule has 0 aliphatic carbocycles. The zero-order chi connectivity index (χ0) is 10.1. The SMILES string of the molecule is CCOc1cccc2c(O)c(S)sc12. The molecule has 0 radical (unpaired) electrons. The van der Waals surface area contributed by atoms with Gasteiger partial charge in [-0.05, 0) is 19.1 Å². The summed E-state index contributed by atoms with van der Waals surface area (Å²) in [4.78, 5) is 0. The van der Waals surface area contributed by atoms with Gasteiger partial charge in [0.2, 0.25) is 0 Å². The molecule has 0 unspecified atom stereocenters. The van der Waals surface area contributed by atoms with Gasteiger partial charge in [-0.2, -0.15) is 0 Å². The molecule has 0 spiro atoms. The first-order valence-electron chi connectivity index (χ1n) is 4.30. The van der Waals surface area contributed by atoms with Gasteiger partial charge in [0.05, 0.1) is 11.3 Å². The van der Waals surface area contributed by atoms with Crippen LogP contribution in [0.3, 0.4) is 0 Å². The van der Waals surface area contributed by atoms with Gasteiger partial charge in [-0.1, -0.05) is 6.07 Å². The van der Waals surface area contributed by atoms with Crippen LogP contribution >= 0.6 is 24.0 Å². The number of rotatable bonds is 2. The zero-order valence-electron chi connectivity index (χ0n) is 7.65. The summed E-state index contributed by atoms with van der Waals surface area (Å²) < 4.78 is 7.04. The Bertz CT molecular complexity index is 462. The Balaban J connectivity index is 2.68. The van der Waals surface area contributed by atoms with Crippen LogP contribution in [0.4, 0.5) is 0 Å². The minimum absolute atomic E-state index is 0.245. The highest BCUT2D eigenvalue weighted by molar-refractivity contribution is 7.83. The van der Waals surface area contributed by atoms with Crippen LogP contribution in [0.25, 0.3) is 10.1 Å². The van der Waals surface area contributed by atoms with Crippen LogP contribution in [0.5, 0.6) is 11.5 Å². The average Bonchev–Trinajstić information content (AvgIpc) is 2.46. The molecule has 0 bridgehead atoms.